The van der Waals surface area contributed by atoms with Crippen LogP contribution >= 0.6 is 0 Å². The van der Waals surface area contributed by atoms with Crippen LogP contribution in [0.1, 0.15) is 41.5 Å². The number of amides is 3. The van der Waals surface area contributed by atoms with E-state index >= 15 is 0 Å². The minimum Gasteiger partial charge on any atom is -0.490 e. The number of benzene rings is 1. The monoisotopic (exact) mass is 544 g/mol. The zero-order chi connectivity index (χ0) is 28.9. The average molecular weight is 545 g/mol. The van der Waals surface area contributed by atoms with Crippen LogP contribution in [0.5, 0.6) is 5.75 Å². The van der Waals surface area contributed by atoms with E-state index < -0.39 is 11.7 Å². The van der Waals surface area contributed by atoms with Crippen molar-refractivity contribution in [3.63, 3.8) is 0 Å². The average Bonchev–Trinajstić information content (AvgIpc) is 3.37. The van der Waals surface area contributed by atoms with Crippen molar-refractivity contribution in [3.05, 3.63) is 78.2 Å². The highest BCUT2D eigenvalue weighted by Crippen LogP contribution is 2.26. The van der Waals surface area contributed by atoms with Crippen LogP contribution in [-0.4, -0.2) is 65.4 Å². The number of fused-ring (bicyclic) bond motifs is 1. The second kappa shape index (κ2) is 11.9. The molecule has 2 N–H and O–H groups in total. The highest BCUT2D eigenvalue weighted by Gasteiger charge is 2.18. The lowest BCUT2D eigenvalue weighted by molar-refractivity contribution is 0.0520. The van der Waals surface area contributed by atoms with E-state index in [4.69, 9.17) is 9.47 Å². The number of anilines is 1. The van der Waals surface area contributed by atoms with E-state index in [-0.39, 0.29) is 25.0 Å². The normalized spacial score (nSPS) is 11.1. The maximum absolute atomic E-state index is 13.3. The molecule has 4 rings (SSSR count). The van der Waals surface area contributed by atoms with Gasteiger partial charge in [-0.3, -0.25) is 14.5 Å². The molecule has 0 radical (unpaired) electrons. The van der Waals surface area contributed by atoms with E-state index in [2.05, 4.69) is 20.7 Å². The Bertz CT molecular complexity index is 1510. The molecule has 40 heavy (non-hydrogen) atoms. The standard InChI is InChI=1S/C29H32N6O5/c1-29(2,3)40-28(38)31-13-15-39-22-10-11-25(32-17-22)34(5)27(37)21-12-14-35-24(16-21)23(18-33-35)19-6-8-20(9-7-19)26(36)30-4/h6-12,14,16-18H,13,15H2,1-5H3,(H,30,36)(H,31,38). The predicted octanol–water partition coefficient (Wildman–Crippen LogP) is 3.94. The van der Waals surface area contributed by atoms with Gasteiger partial charge in [0.05, 0.1) is 24.5 Å². The summed E-state index contributed by atoms with van der Waals surface area (Å²) in [6, 6.07) is 14.1. The molecule has 3 heterocycles. The Hall–Kier alpha value is -4.93. The summed E-state index contributed by atoms with van der Waals surface area (Å²) < 4.78 is 12.5. The summed E-state index contributed by atoms with van der Waals surface area (Å²) in [5.41, 5.74) is 2.92. The molecule has 0 aliphatic carbocycles. The van der Waals surface area contributed by atoms with E-state index in [0.717, 1.165) is 16.6 Å². The minimum absolute atomic E-state index is 0.161. The van der Waals surface area contributed by atoms with Crippen molar-refractivity contribution >= 4 is 29.2 Å². The van der Waals surface area contributed by atoms with Gasteiger partial charge in [0.2, 0.25) is 0 Å². The molecule has 0 spiro atoms. The first-order valence-electron chi connectivity index (χ1n) is 12.7. The van der Waals surface area contributed by atoms with Gasteiger partial charge < -0.3 is 20.1 Å². The molecule has 4 aromatic rings. The fraction of sp³-hybridized carbons (Fsp3) is 0.276. The second-order valence-electron chi connectivity index (χ2n) is 9.95. The molecule has 208 valence electrons. The van der Waals surface area contributed by atoms with E-state index in [1.165, 1.54) is 11.1 Å². The molecule has 0 saturated heterocycles. The van der Waals surface area contributed by atoms with Crippen LogP contribution in [0.25, 0.3) is 16.6 Å². The maximum atomic E-state index is 13.3. The molecule has 3 aromatic heterocycles. The number of aromatic nitrogens is 3. The molecule has 1 aromatic carbocycles. The minimum atomic E-state index is -0.567. The molecule has 0 bridgehead atoms. The van der Waals surface area contributed by atoms with Crippen molar-refractivity contribution in [2.75, 3.05) is 32.1 Å². The zero-order valence-electron chi connectivity index (χ0n) is 23.1. The number of hydrogen-bond acceptors (Lipinski definition) is 7. The van der Waals surface area contributed by atoms with Crippen LogP contribution in [0.3, 0.4) is 0 Å². The molecule has 11 heteroatoms. The summed E-state index contributed by atoms with van der Waals surface area (Å²) in [7, 11) is 3.23. The highest BCUT2D eigenvalue weighted by molar-refractivity contribution is 6.06. The van der Waals surface area contributed by atoms with E-state index in [0.29, 0.717) is 22.7 Å². The van der Waals surface area contributed by atoms with Gasteiger partial charge in [-0.15, -0.1) is 0 Å². The Labute approximate surface area is 232 Å². The Balaban J connectivity index is 1.40. The molecule has 0 atom stereocenters. The van der Waals surface area contributed by atoms with E-state index in [9.17, 15) is 14.4 Å². The molecule has 11 nitrogen and oxygen atoms in total. The lowest BCUT2D eigenvalue weighted by Gasteiger charge is -2.19. The van der Waals surface area contributed by atoms with Crippen LogP contribution in [0.2, 0.25) is 0 Å². The quantitative estimate of drug-likeness (QED) is 0.322. The molecule has 0 aliphatic rings. The highest BCUT2D eigenvalue weighted by atomic mass is 16.6. The summed E-state index contributed by atoms with van der Waals surface area (Å²) in [5.74, 6) is 0.545. The van der Waals surface area contributed by atoms with Crippen molar-refractivity contribution in [2.45, 2.75) is 26.4 Å². The van der Waals surface area contributed by atoms with Gasteiger partial charge in [0.25, 0.3) is 11.8 Å². The fourth-order valence-electron chi connectivity index (χ4n) is 3.87. The first-order chi connectivity index (χ1) is 19.1. The number of carbonyl (C=O) groups is 3. The third-order valence-corrected chi connectivity index (χ3v) is 5.86. The lowest BCUT2D eigenvalue weighted by atomic mass is 10.0. The Morgan fingerprint density at radius 2 is 1.75 bits per heavy atom. The largest absolute Gasteiger partial charge is 0.490 e. The number of nitrogens with zero attached hydrogens (tertiary/aromatic N) is 4. The van der Waals surface area contributed by atoms with Gasteiger partial charge in [-0.05, 0) is 62.7 Å². The van der Waals surface area contributed by atoms with E-state index in [1.807, 2.05) is 12.1 Å². The Morgan fingerprint density at radius 3 is 2.40 bits per heavy atom. The van der Waals surface area contributed by atoms with Crippen molar-refractivity contribution < 1.29 is 23.9 Å². The van der Waals surface area contributed by atoms with Crippen LogP contribution in [-0.2, 0) is 4.74 Å². The number of carbonyl (C=O) groups excluding carboxylic acids is 3. The summed E-state index contributed by atoms with van der Waals surface area (Å²) in [5, 5.41) is 9.62. The predicted molar refractivity (Wildman–Crippen MR) is 151 cm³/mol. The molecule has 0 saturated carbocycles. The fourth-order valence-corrected chi connectivity index (χ4v) is 3.87. The molecule has 0 unspecified atom stereocenters. The number of rotatable bonds is 8. The molecular formula is C29H32N6O5. The van der Waals surface area contributed by atoms with Crippen molar-refractivity contribution in [1.82, 2.24) is 25.2 Å². The summed E-state index contributed by atoms with van der Waals surface area (Å²) in [6.45, 7) is 5.88. The van der Waals surface area contributed by atoms with Gasteiger partial charge >= 0.3 is 6.09 Å². The lowest BCUT2D eigenvalue weighted by Crippen LogP contribution is -2.34. The first-order valence-corrected chi connectivity index (χ1v) is 12.7. The summed E-state index contributed by atoms with van der Waals surface area (Å²) >= 11 is 0. The topological polar surface area (TPSA) is 127 Å². The third kappa shape index (κ3) is 6.73. The number of pyridine rings is 2. The number of nitrogens with one attached hydrogen (secondary N) is 2. The maximum Gasteiger partial charge on any atom is 0.407 e. The summed E-state index contributed by atoms with van der Waals surface area (Å²) in [6.07, 6.45) is 4.47. The SMILES string of the molecule is CNC(=O)c1ccc(-c2cnn3ccc(C(=O)N(C)c4ccc(OCCNC(=O)OC(C)(C)C)cn4)cc23)cc1. The van der Waals surface area contributed by atoms with Gasteiger partial charge in [-0.2, -0.15) is 5.10 Å². The van der Waals surface area contributed by atoms with Crippen molar-refractivity contribution in [2.24, 2.45) is 0 Å². The molecular weight excluding hydrogens is 512 g/mol. The number of alkyl carbamates (subject to hydrolysis) is 1. The third-order valence-electron chi connectivity index (χ3n) is 5.86. The smallest absolute Gasteiger partial charge is 0.407 e. The number of ether oxygens (including phenoxy) is 2. The van der Waals surface area contributed by atoms with Crippen LogP contribution in [0.4, 0.5) is 10.6 Å². The Kier molecular flexibility index (Phi) is 8.32. The first kappa shape index (κ1) is 28.1. The van der Waals surface area contributed by atoms with Crippen molar-refractivity contribution in [1.29, 1.82) is 0 Å². The summed E-state index contributed by atoms with van der Waals surface area (Å²) in [4.78, 5) is 42.7. The van der Waals surface area contributed by atoms with Crippen LogP contribution in [0.15, 0.2) is 67.1 Å². The van der Waals surface area contributed by atoms with Gasteiger partial charge in [0, 0.05) is 37.0 Å². The molecule has 0 fully saturated rings. The van der Waals surface area contributed by atoms with Crippen LogP contribution < -0.4 is 20.3 Å². The zero-order valence-corrected chi connectivity index (χ0v) is 23.1. The molecule has 0 aliphatic heterocycles. The molecule has 3 amide bonds. The second-order valence-corrected chi connectivity index (χ2v) is 9.95. The van der Waals surface area contributed by atoms with Crippen LogP contribution in [0, 0.1) is 0 Å². The Morgan fingerprint density at radius 1 is 1.00 bits per heavy atom. The van der Waals surface area contributed by atoms with Crippen molar-refractivity contribution in [3.8, 4) is 16.9 Å². The van der Waals surface area contributed by atoms with E-state index in [1.54, 1.807) is 88.2 Å². The van der Waals surface area contributed by atoms with Gasteiger partial charge in [-0.25, -0.2) is 14.3 Å². The van der Waals surface area contributed by atoms with Gasteiger partial charge in [0.15, 0.2) is 0 Å². The van der Waals surface area contributed by atoms with Gasteiger partial charge in [0.1, 0.15) is 23.8 Å². The van der Waals surface area contributed by atoms with Gasteiger partial charge in [-0.1, -0.05) is 12.1 Å². The number of hydrogen-bond donors (Lipinski definition) is 2.